The van der Waals surface area contributed by atoms with Crippen LogP contribution in [0.25, 0.3) is 0 Å². The molecule has 0 spiro atoms. The van der Waals surface area contributed by atoms with Gasteiger partial charge in [0.05, 0.1) is 5.92 Å². The zero-order valence-electron chi connectivity index (χ0n) is 8.52. The summed E-state index contributed by atoms with van der Waals surface area (Å²) in [7, 11) is 0. The maximum Gasteiger partial charge on any atom is 0.314 e. The minimum atomic E-state index is -0.632. The Kier molecular flexibility index (Phi) is 2.90. The fraction of sp³-hybridized carbons (Fsp3) is 0.250. The first-order valence-corrected chi connectivity index (χ1v) is 5.01. The second-order valence-electron chi connectivity index (χ2n) is 3.71. The lowest BCUT2D eigenvalue weighted by Gasteiger charge is -2.09. The molecular weight excluding hydrogens is 211 g/mol. The molecular formula is C12H11FO3. The van der Waals surface area contributed by atoms with Gasteiger partial charge in [-0.1, -0.05) is 12.2 Å². The van der Waals surface area contributed by atoms with Crippen LogP contribution < -0.4 is 4.74 Å². The van der Waals surface area contributed by atoms with Crippen molar-refractivity contribution in [3.05, 3.63) is 36.2 Å². The van der Waals surface area contributed by atoms with Crippen LogP contribution in [-0.4, -0.2) is 11.1 Å². The molecule has 0 amide bonds. The van der Waals surface area contributed by atoms with Gasteiger partial charge in [0, 0.05) is 18.2 Å². The molecule has 0 saturated heterocycles. The fourth-order valence-corrected chi connectivity index (χ4v) is 1.62. The van der Waals surface area contributed by atoms with Crippen molar-refractivity contribution in [3.8, 4) is 11.5 Å². The fourth-order valence-electron chi connectivity index (χ4n) is 1.62. The summed E-state index contributed by atoms with van der Waals surface area (Å²) < 4.78 is 17.9. The molecule has 0 fully saturated rings. The van der Waals surface area contributed by atoms with E-state index in [1.165, 1.54) is 6.07 Å². The van der Waals surface area contributed by atoms with Crippen LogP contribution in [0.4, 0.5) is 4.39 Å². The number of halogens is 1. The molecule has 0 unspecified atom stereocenters. The minimum Gasteiger partial charge on any atom is -0.508 e. The Bertz CT molecular complexity index is 412. The zero-order valence-corrected chi connectivity index (χ0v) is 8.52. The quantitative estimate of drug-likeness (QED) is 0.475. The second kappa shape index (κ2) is 4.35. The first-order chi connectivity index (χ1) is 7.65. The van der Waals surface area contributed by atoms with Crippen LogP contribution in [0.2, 0.25) is 0 Å². The number of aromatic hydroxyl groups is 1. The van der Waals surface area contributed by atoms with Gasteiger partial charge in [-0.05, 0) is 12.8 Å². The molecule has 3 nitrogen and oxygen atoms in total. The lowest BCUT2D eigenvalue weighted by molar-refractivity contribution is -0.138. The van der Waals surface area contributed by atoms with E-state index in [-0.39, 0.29) is 17.4 Å². The molecule has 0 heterocycles. The molecule has 2 rings (SSSR count). The molecule has 1 aromatic rings. The monoisotopic (exact) mass is 222 g/mol. The van der Waals surface area contributed by atoms with Crippen LogP contribution in [0.15, 0.2) is 30.4 Å². The minimum absolute atomic E-state index is 0.0365. The van der Waals surface area contributed by atoms with Gasteiger partial charge in [0.1, 0.15) is 17.3 Å². The maximum absolute atomic E-state index is 12.9. The van der Waals surface area contributed by atoms with Gasteiger partial charge < -0.3 is 9.84 Å². The molecule has 0 atom stereocenters. The summed E-state index contributed by atoms with van der Waals surface area (Å²) in [5, 5.41) is 9.13. The Hall–Kier alpha value is -1.84. The van der Waals surface area contributed by atoms with Crippen LogP contribution in [0.5, 0.6) is 11.5 Å². The summed E-state index contributed by atoms with van der Waals surface area (Å²) in [5.74, 6) is -1.44. The largest absolute Gasteiger partial charge is 0.508 e. The molecule has 84 valence electrons. The first-order valence-electron chi connectivity index (χ1n) is 5.01. The summed E-state index contributed by atoms with van der Waals surface area (Å²) in [5.41, 5.74) is 0. The first kappa shape index (κ1) is 10.7. The molecule has 1 aromatic carbocycles. The predicted octanol–water partition coefficient (Wildman–Crippen LogP) is 2.40. The van der Waals surface area contributed by atoms with Gasteiger partial charge in [-0.25, -0.2) is 4.39 Å². The van der Waals surface area contributed by atoms with Crippen LogP contribution in [-0.2, 0) is 4.79 Å². The maximum atomic E-state index is 12.9. The summed E-state index contributed by atoms with van der Waals surface area (Å²) in [6, 6.07) is 3.23. The van der Waals surface area contributed by atoms with E-state index in [9.17, 15) is 9.18 Å². The highest BCUT2D eigenvalue weighted by Crippen LogP contribution is 2.24. The number of benzene rings is 1. The van der Waals surface area contributed by atoms with E-state index in [4.69, 9.17) is 9.84 Å². The molecule has 0 saturated carbocycles. The van der Waals surface area contributed by atoms with Gasteiger partial charge in [-0.15, -0.1) is 0 Å². The van der Waals surface area contributed by atoms with Gasteiger partial charge in [0.25, 0.3) is 0 Å². The van der Waals surface area contributed by atoms with E-state index < -0.39 is 11.8 Å². The van der Waals surface area contributed by atoms with Crippen molar-refractivity contribution >= 4 is 5.97 Å². The Balaban J connectivity index is 2.05. The molecule has 1 aliphatic rings. The number of phenolic OH excluding ortho intramolecular Hbond substituents is 1. The van der Waals surface area contributed by atoms with E-state index in [1.807, 2.05) is 12.2 Å². The summed E-state index contributed by atoms with van der Waals surface area (Å²) in [4.78, 5) is 11.6. The van der Waals surface area contributed by atoms with Crippen LogP contribution in [0.1, 0.15) is 12.8 Å². The van der Waals surface area contributed by atoms with Gasteiger partial charge >= 0.3 is 5.97 Å². The second-order valence-corrected chi connectivity index (χ2v) is 3.71. The Morgan fingerprint density at radius 1 is 1.31 bits per heavy atom. The van der Waals surface area contributed by atoms with Gasteiger partial charge in [0.2, 0.25) is 0 Å². The molecule has 4 heteroatoms. The normalized spacial score (nSPS) is 15.3. The Labute approximate surface area is 92.2 Å². The SMILES string of the molecule is O=C(Oc1cc(O)cc(F)c1)C1CC=CC1. The number of esters is 1. The Morgan fingerprint density at radius 3 is 2.62 bits per heavy atom. The summed E-state index contributed by atoms with van der Waals surface area (Å²) >= 11 is 0. The van der Waals surface area contributed by atoms with E-state index in [0.717, 1.165) is 12.1 Å². The van der Waals surface area contributed by atoms with E-state index in [1.54, 1.807) is 0 Å². The molecule has 1 aliphatic carbocycles. The van der Waals surface area contributed by atoms with Crippen molar-refractivity contribution in [2.75, 3.05) is 0 Å². The highest BCUT2D eigenvalue weighted by atomic mass is 19.1. The number of allylic oxidation sites excluding steroid dienone is 2. The van der Waals surface area contributed by atoms with Crippen molar-refractivity contribution in [2.45, 2.75) is 12.8 Å². The number of rotatable bonds is 2. The van der Waals surface area contributed by atoms with Crippen LogP contribution in [0.3, 0.4) is 0 Å². The van der Waals surface area contributed by atoms with Crippen molar-refractivity contribution in [2.24, 2.45) is 5.92 Å². The predicted molar refractivity (Wildman–Crippen MR) is 55.6 cm³/mol. The zero-order chi connectivity index (χ0) is 11.5. The average molecular weight is 222 g/mol. The number of phenols is 1. The van der Waals surface area contributed by atoms with Crippen molar-refractivity contribution in [1.82, 2.24) is 0 Å². The third-order valence-electron chi connectivity index (χ3n) is 2.42. The molecule has 16 heavy (non-hydrogen) atoms. The lowest BCUT2D eigenvalue weighted by Crippen LogP contribution is -2.17. The van der Waals surface area contributed by atoms with Crippen molar-refractivity contribution < 1.29 is 19.0 Å². The molecule has 0 bridgehead atoms. The Morgan fingerprint density at radius 2 is 2.00 bits per heavy atom. The van der Waals surface area contributed by atoms with Crippen molar-refractivity contribution in [1.29, 1.82) is 0 Å². The third-order valence-corrected chi connectivity index (χ3v) is 2.42. The number of hydrogen-bond donors (Lipinski definition) is 1. The van der Waals surface area contributed by atoms with Gasteiger partial charge in [-0.2, -0.15) is 0 Å². The smallest absolute Gasteiger partial charge is 0.314 e. The molecule has 0 radical (unpaired) electrons. The molecule has 0 aromatic heterocycles. The van der Waals surface area contributed by atoms with Crippen LogP contribution in [0, 0.1) is 11.7 Å². The van der Waals surface area contributed by atoms with Crippen LogP contribution >= 0.6 is 0 Å². The van der Waals surface area contributed by atoms with Crippen molar-refractivity contribution in [3.63, 3.8) is 0 Å². The third kappa shape index (κ3) is 2.39. The number of carbonyl (C=O) groups is 1. The molecule has 1 N–H and O–H groups in total. The molecule has 0 aliphatic heterocycles. The summed E-state index contributed by atoms with van der Waals surface area (Å²) in [6.07, 6.45) is 5.13. The summed E-state index contributed by atoms with van der Waals surface area (Å²) in [6.45, 7) is 0. The standard InChI is InChI=1S/C12H11FO3/c13-9-5-10(14)7-11(6-9)16-12(15)8-3-1-2-4-8/h1-2,5-8,14H,3-4H2. The van der Waals surface area contributed by atoms with Gasteiger partial charge in [0.15, 0.2) is 0 Å². The number of hydrogen-bond acceptors (Lipinski definition) is 3. The van der Waals surface area contributed by atoms with E-state index in [0.29, 0.717) is 12.8 Å². The highest BCUT2D eigenvalue weighted by Gasteiger charge is 2.21. The highest BCUT2D eigenvalue weighted by molar-refractivity contribution is 5.76. The topological polar surface area (TPSA) is 46.5 Å². The van der Waals surface area contributed by atoms with E-state index in [2.05, 4.69) is 0 Å². The van der Waals surface area contributed by atoms with E-state index >= 15 is 0 Å². The average Bonchev–Trinajstić information content (AvgIpc) is 2.68. The number of ether oxygens (including phenoxy) is 1. The lowest BCUT2D eigenvalue weighted by atomic mass is 10.1. The number of carbonyl (C=O) groups excluding carboxylic acids is 1. The van der Waals surface area contributed by atoms with Gasteiger partial charge in [-0.3, -0.25) is 4.79 Å².